The van der Waals surface area contributed by atoms with E-state index >= 15 is 0 Å². The topological polar surface area (TPSA) is 85.8 Å². The molecule has 0 spiro atoms. The number of benzene rings is 1. The number of pyridine rings is 1. The fourth-order valence-electron chi connectivity index (χ4n) is 3.20. The average Bonchev–Trinajstić information content (AvgIpc) is 3.30. The standard InChI is InChI=1S/C21H20FN5O2/c1-13-8-10-24-27(13)11-3-9-23-20(28)17-12-18(15-4-6-16(22)7-5-15)25-21-19(17)14(2)26-29-21/h4-8,10,12H,3,9,11H2,1-2H3,(H,23,28). The quantitative estimate of drug-likeness (QED) is 0.505. The smallest absolute Gasteiger partial charge is 0.259 e. The Balaban J connectivity index is 1.56. The van der Waals surface area contributed by atoms with Crippen molar-refractivity contribution in [3.8, 4) is 11.3 Å². The van der Waals surface area contributed by atoms with Gasteiger partial charge in [-0.15, -0.1) is 0 Å². The second-order valence-electron chi connectivity index (χ2n) is 6.82. The minimum Gasteiger partial charge on any atom is -0.352 e. The summed E-state index contributed by atoms with van der Waals surface area (Å²) in [5, 5.41) is 11.7. The number of hydrogen-bond acceptors (Lipinski definition) is 5. The maximum Gasteiger partial charge on any atom is 0.259 e. The van der Waals surface area contributed by atoms with Gasteiger partial charge in [0.25, 0.3) is 11.6 Å². The van der Waals surface area contributed by atoms with Crippen LogP contribution in [0.1, 0.15) is 28.2 Å². The fraction of sp³-hybridized carbons (Fsp3) is 0.238. The number of carbonyl (C=O) groups excluding carboxylic acids is 1. The van der Waals surface area contributed by atoms with Gasteiger partial charge in [0, 0.05) is 30.5 Å². The van der Waals surface area contributed by atoms with Gasteiger partial charge in [-0.1, -0.05) is 5.16 Å². The first-order chi connectivity index (χ1) is 14.0. The molecule has 0 aliphatic carbocycles. The van der Waals surface area contributed by atoms with Crippen molar-refractivity contribution in [3.05, 3.63) is 65.4 Å². The molecule has 0 saturated carbocycles. The van der Waals surface area contributed by atoms with Crippen LogP contribution in [-0.4, -0.2) is 32.4 Å². The summed E-state index contributed by atoms with van der Waals surface area (Å²) in [5.74, 6) is -0.569. The number of amides is 1. The lowest BCUT2D eigenvalue weighted by Gasteiger charge is -2.09. The maximum absolute atomic E-state index is 13.2. The van der Waals surface area contributed by atoms with E-state index in [1.807, 2.05) is 17.7 Å². The van der Waals surface area contributed by atoms with Crippen LogP contribution in [0.15, 0.2) is 47.1 Å². The molecule has 8 heteroatoms. The van der Waals surface area contributed by atoms with Crippen LogP contribution in [0.5, 0.6) is 0 Å². The van der Waals surface area contributed by atoms with E-state index in [0.29, 0.717) is 34.4 Å². The van der Waals surface area contributed by atoms with Gasteiger partial charge in [-0.2, -0.15) is 5.10 Å². The van der Waals surface area contributed by atoms with Crippen LogP contribution in [0.2, 0.25) is 0 Å². The van der Waals surface area contributed by atoms with Gasteiger partial charge in [0.15, 0.2) is 0 Å². The van der Waals surface area contributed by atoms with Gasteiger partial charge in [0.2, 0.25) is 0 Å². The lowest BCUT2D eigenvalue weighted by molar-refractivity contribution is 0.0954. The van der Waals surface area contributed by atoms with Crippen LogP contribution in [0.25, 0.3) is 22.4 Å². The molecule has 0 atom stereocenters. The molecule has 1 amide bonds. The number of rotatable bonds is 6. The normalized spacial score (nSPS) is 11.1. The fourth-order valence-corrected chi connectivity index (χ4v) is 3.20. The molecule has 0 aliphatic heterocycles. The predicted molar refractivity (Wildman–Crippen MR) is 106 cm³/mol. The Morgan fingerprint density at radius 1 is 1.21 bits per heavy atom. The monoisotopic (exact) mass is 393 g/mol. The molecule has 0 radical (unpaired) electrons. The van der Waals surface area contributed by atoms with Crippen molar-refractivity contribution in [2.45, 2.75) is 26.8 Å². The molecule has 0 fully saturated rings. The molecule has 7 nitrogen and oxygen atoms in total. The third-order valence-electron chi connectivity index (χ3n) is 4.76. The van der Waals surface area contributed by atoms with Crippen LogP contribution in [0.3, 0.4) is 0 Å². The highest BCUT2D eigenvalue weighted by Gasteiger charge is 2.19. The van der Waals surface area contributed by atoms with E-state index in [-0.39, 0.29) is 17.4 Å². The van der Waals surface area contributed by atoms with E-state index in [9.17, 15) is 9.18 Å². The molecule has 0 unspecified atom stereocenters. The van der Waals surface area contributed by atoms with Gasteiger partial charge in [-0.05, 0) is 56.7 Å². The number of aryl methyl sites for hydroxylation is 3. The molecule has 3 aromatic heterocycles. The SMILES string of the molecule is Cc1noc2nc(-c3ccc(F)cc3)cc(C(=O)NCCCn3nccc3C)c12. The molecular formula is C21H20FN5O2. The summed E-state index contributed by atoms with van der Waals surface area (Å²) < 4.78 is 20.4. The highest BCUT2D eigenvalue weighted by Crippen LogP contribution is 2.27. The Morgan fingerprint density at radius 3 is 2.72 bits per heavy atom. The van der Waals surface area contributed by atoms with Crippen molar-refractivity contribution in [2.75, 3.05) is 6.54 Å². The predicted octanol–water partition coefficient (Wildman–Crippen LogP) is 3.66. The zero-order valence-corrected chi connectivity index (χ0v) is 16.1. The van der Waals surface area contributed by atoms with E-state index in [4.69, 9.17) is 4.52 Å². The molecular weight excluding hydrogens is 373 g/mol. The molecule has 3 heterocycles. The lowest BCUT2D eigenvalue weighted by Crippen LogP contribution is -2.26. The van der Waals surface area contributed by atoms with E-state index in [2.05, 4.69) is 20.6 Å². The van der Waals surface area contributed by atoms with Gasteiger partial charge in [-0.25, -0.2) is 9.37 Å². The minimum absolute atomic E-state index is 0.232. The molecule has 0 bridgehead atoms. The van der Waals surface area contributed by atoms with Crippen LogP contribution >= 0.6 is 0 Å². The maximum atomic E-state index is 13.2. The van der Waals surface area contributed by atoms with Gasteiger partial charge in [0.05, 0.1) is 22.3 Å². The zero-order chi connectivity index (χ0) is 20.4. The Hall–Kier alpha value is -3.55. The summed E-state index contributed by atoms with van der Waals surface area (Å²) in [4.78, 5) is 17.3. The molecule has 4 rings (SSSR count). The van der Waals surface area contributed by atoms with Crippen molar-refractivity contribution in [3.63, 3.8) is 0 Å². The van der Waals surface area contributed by atoms with Gasteiger partial charge in [-0.3, -0.25) is 9.48 Å². The van der Waals surface area contributed by atoms with Gasteiger partial charge >= 0.3 is 0 Å². The third-order valence-corrected chi connectivity index (χ3v) is 4.76. The molecule has 1 aromatic carbocycles. The minimum atomic E-state index is -0.337. The highest BCUT2D eigenvalue weighted by molar-refractivity contribution is 6.06. The molecule has 0 saturated heterocycles. The Labute approximate surface area is 166 Å². The van der Waals surface area contributed by atoms with E-state index < -0.39 is 0 Å². The lowest BCUT2D eigenvalue weighted by atomic mass is 10.0. The number of fused-ring (bicyclic) bond motifs is 1. The molecule has 0 aliphatic rings. The number of halogens is 1. The molecule has 29 heavy (non-hydrogen) atoms. The first-order valence-electron chi connectivity index (χ1n) is 9.32. The van der Waals surface area contributed by atoms with Crippen LogP contribution in [0, 0.1) is 19.7 Å². The summed E-state index contributed by atoms with van der Waals surface area (Å²) in [6.45, 7) is 4.98. The summed E-state index contributed by atoms with van der Waals surface area (Å²) in [6, 6.07) is 9.56. The number of nitrogens with zero attached hydrogens (tertiary/aromatic N) is 4. The molecule has 4 aromatic rings. The number of hydrogen-bond donors (Lipinski definition) is 1. The second kappa shape index (κ2) is 7.83. The first kappa shape index (κ1) is 18.8. The number of aromatic nitrogens is 4. The molecule has 1 N–H and O–H groups in total. The Kier molecular flexibility index (Phi) is 5.07. The Morgan fingerprint density at radius 2 is 2.00 bits per heavy atom. The van der Waals surface area contributed by atoms with Crippen LogP contribution in [-0.2, 0) is 6.54 Å². The van der Waals surface area contributed by atoms with E-state index in [1.54, 1.807) is 31.3 Å². The highest BCUT2D eigenvalue weighted by atomic mass is 19.1. The number of carbonyl (C=O) groups is 1. The van der Waals surface area contributed by atoms with Crippen molar-refractivity contribution < 1.29 is 13.7 Å². The Bertz CT molecular complexity index is 1160. The summed E-state index contributed by atoms with van der Waals surface area (Å²) in [7, 11) is 0. The van der Waals surface area contributed by atoms with Crippen molar-refractivity contribution in [1.82, 2.24) is 25.2 Å². The van der Waals surface area contributed by atoms with Crippen molar-refractivity contribution in [2.24, 2.45) is 0 Å². The summed E-state index contributed by atoms with van der Waals surface area (Å²) >= 11 is 0. The van der Waals surface area contributed by atoms with Gasteiger partial charge in [0.1, 0.15) is 5.82 Å². The summed E-state index contributed by atoms with van der Waals surface area (Å²) in [5.41, 5.74) is 3.59. The average molecular weight is 393 g/mol. The van der Waals surface area contributed by atoms with Crippen LogP contribution in [0.4, 0.5) is 4.39 Å². The van der Waals surface area contributed by atoms with E-state index in [1.165, 1.54) is 12.1 Å². The largest absolute Gasteiger partial charge is 0.352 e. The second-order valence-corrected chi connectivity index (χ2v) is 6.82. The third kappa shape index (κ3) is 3.87. The first-order valence-corrected chi connectivity index (χ1v) is 9.32. The van der Waals surface area contributed by atoms with Crippen molar-refractivity contribution in [1.29, 1.82) is 0 Å². The number of nitrogens with one attached hydrogen (secondary N) is 1. The van der Waals surface area contributed by atoms with Crippen LogP contribution < -0.4 is 5.32 Å². The summed E-state index contributed by atoms with van der Waals surface area (Å²) in [6.07, 6.45) is 2.50. The van der Waals surface area contributed by atoms with E-state index in [0.717, 1.165) is 18.7 Å². The zero-order valence-electron chi connectivity index (χ0n) is 16.1. The van der Waals surface area contributed by atoms with Crippen molar-refractivity contribution >= 4 is 17.0 Å². The van der Waals surface area contributed by atoms with Gasteiger partial charge < -0.3 is 9.84 Å². The molecule has 148 valence electrons.